The molecule has 1 saturated heterocycles. The number of amides is 2. The second-order valence-electron chi connectivity index (χ2n) is 6.28. The molecule has 6 nitrogen and oxygen atoms in total. The van der Waals surface area contributed by atoms with E-state index < -0.39 is 6.04 Å². The molecular weight excluding hydrogens is 294 g/mol. The third-order valence-electron chi connectivity index (χ3n) is 4.74. The van der Waals surface area contributed by atoms with Crippen LogP contribution in [-0.4, -0.2) is 37.6 Å². The van der Waals surface area contributed by atoms with Crippen LogP contribution in [0.1, 0.15) is 25.7 Å². The van der Waals surface area contributed by atoms with Crippen LogP contribution < -0.4 is 20.7 Å². The molecular formula is C17H23N3O3. The van der Waals surface area contributed by atoms with Gasteiger partial charge in [0.05, 0.1) is 12.8 Å². The molecule has 2 fully saturated rings. The maximum absolute atomic E-state index is 12.6. The minimum atomic E-state index is -0.454. The maximum atomic E-state index is 12.6. The number of hydrogen-bond acceptors (Lipinski definition) is 4. The van der Waals surface area contributed by atoms with E-state index in [4.69, 9.17) is 10.5 Å². The van der Waals surface area contributed by atoms with Gasteiger partial charge in [-0.1, -0.05) is 12.1 Å². The van der Waals surface area contributed by atoms with Crippen LogP contribution in [0.3, 0.4) is 0 Å². The van der Waals surface area contributed by atoms with Crippen molar-refractivity contribution in [2.75, 3.05) is 18.6 Å². The van der Waals surface area contributed by atoms with E-state index in [2.05, 4.69) is 5.32 Å². The normalized spacial score (nSPS) is 27.3. The zero-order valence-corrected chi connectivity index (χ0v) is 13.3. The van der Waals surface area contributed by atoms with Gasteiger partial charge in [-0.15, -0.1) is 0 Å². The van der Waals surface area contributed by atoms with Gasteiger partial charge in [0.2, 0.25) is 11.8 Å². The SMILES string of the molecule is COc1ccccc1N1CC[C@H](NC(=O)[C@H]2CC[C@@H](N)C2)C1=O. The fourth-order valence-electron chi connectivity index (χ4n) is 3.45. The molecule has 2 amide bonds. The first-order valence-corrected chi connectivity index (χ1v) is 8.10. The lowest BCUT2D eigenvalue weighted by atomic mass is 10.1. The predicted octanol–water partition coefficient (Wildman–Crippen LogP) is 1.04. The van der Waals surface area contributed by atoms with Gasteiger partial charge in [0.25, 0.3) is 0 Å². The number of hydrogen-bond donors (Lipinski definition) is 2. The summed E-state index contributed by atoms with van der Waals surface area (Å²) in [6.45, 7) is 0.578. The zero-order valence-electron chi connectivity index (χ0n) is 13.3. The van der Waals surface area contributed by atoms with E-state index in [1.807, 2.05) is 24.3 Å². The van der Waals surface area contributed by atoms with Gasteiger partial charge < -0.3 is 20.7 Å². The van der Waals surface area contributed by atoms with Crippen LogP contribution in [0, 0.1) is 5.92 Å². The second kappa shape index (κ2) is 6.58. The quantitative estimate of drug-likeness (QED) is 0.869. The summed E-state index contributed by atoms with van der Waals surface area (Å²) < 4.78 is 5.32. The van der Waals surface area contributed by atoms with E-state index in [1.54, 1.807) is 12.0 Å². The van der Waals surface area contributed by atoms with Crippen LogP contribution in [-0.2, 0) is 9.59 Å². The molecule has 1 saturated carbocycles. The Hall–Kier alpha value is -2.08. The summed E-state index contributed by atoms with van der Waals surface area (Å²) in [5, 5.41) is 2.90. The van der Waals surface area contributed by atoms with Crippen LogP contribution in [0.2, 0.25) is 0 Å². The first-order valence-electron chi connectivity index (χ1n) is 8.10. The third-order valence-corrected chi connectivity index (χ3v) is 4.74. The zero-order chi connectivity index (χ0) is 16.4. The number of nitrogens with zero attached hydrogens (tertiary/aromatic N) is 1. The molecule has 3 atom stereocenters. The standard InChI is InChI=1S/C17H23N3O3/c1-23-15-5-3-2-4-14(15)20-9-8-13(17(20)22)19-16(21)11-6-7-12(18)10-11/h2-5,11-13H,6-10,18H2,1H3,(H,19,21)/t11-,12+,13-/m0/s1. The highest BCUT2D eigenvalue weighted by atomic mass is 16.5. The molecule has 3 rings (SSSR count). The Kier molecular flexibility index (Phi) is 4.52. The molecule has 0 radical (unpaired) electrons. The number of nitrogens with one attached hydrogen (secondary N) is 1. The van der Waals surface area contributed by atoms with Crippen molar-refractivity contribution in [3.8, 4) is 5.75 Å². The molecule has 0 bridgehead atoms. The summed E-state index contributed by atoms with van der Waals surface area (Å²) in [7, 11) is 1.59. The number of carbonyl (C=O) groups excluding carboxylic acids is 2. The Morgan fingerprint density at radius 1 is 1.30 bits per heavy atom. The maximum Gasteiger partial charge on any atom is 0.249 e. The van der Waals surface area contributed by atoms with E-state index in [0.29, 0.717) is 25.1 Å². The van der Waals surface area contributed by atoms with Crippen molar-refractivity contribution in [3.63, 3.8) is 0 Å². The number of anilines is 1. The predicted molar refractivity (Wildman–Crippen MR) is 87.2 cm³/mol. The van der Waals surface area contributed by atoms with Gasteiger partial charge in [0.15, 0.2) is 0 Å². The lowest BCUT2D eigenvalue weighted by Crippen LogP contribution is -2.43. The van der Waals surface area contributed by atoms with Gasteiger partial charge in [-0.25, -0.2) is 0 Å². The number of carbonyl (C=O) groups is 2. The second-order valence-corrected chi connectivity index (χ2v) is 6.28. The summed E-state index contributed by atoms with van der Waals surface area (Å²) in [5.74, 6) is 0.482. The average molecular weight is 317 g/mol. The molecule has 1 aromatic rings. The number of ether oxygens (including phenoxy) is 1. The summed E-state index contributed by atoms with van der Waals surface area (Å²) >= 11 is 0. The van der Waals surface area contributed by atoms with Gasteiger partial charge in [-0.05, 0) is 37.8 Å². The van der Waals surface area contributed by atoms with Crippen molar-refractivity contribution in [1.29, 1.82) is 0 Å². The Morgan fingerprint density at radius 2 is 2.09 bits per heavy atom. The van der Waals surface area contributed by atoms with Crippen LogP contribution in [0.5, 0.6) is 5.75 Å². The molecule has 1 aromatic carbocycles. The summed E-state index contributed by atoms with van der Waals surface area (Å²) in [6.07, 6.45) is 3.01. The van der Waals surface area contributed by atoms with Crippen LogP contribution in [0.25, 0.3) is 0 Å². The van der Waals surface area contributed by atoms with Gasteiger partial charge in [0.1, 0.15) is 11.8 Å². The van der Waals surface area contributed by atoms with E-state index in [9.17, 15) is 9.59 Å². The van der Waals surface area contributed by atoms with Crippen LogP contribution in [0.15, 0.2) is 24.3 Å². The molecule has 0 aromatic heterocycles. The smallest absolute Gasteiger partial charge is 0.249 e. The summed E-state index contributed by atoms with van der Waals surface area (Å²) in [6, 6.07) is 7.08. The molecule has 23 heavy (non-hydrogen) atoms. The minimum Gasteiger partial charge on any atom is -0.495 e. The largest absolute Gasteiger partial charge is 0.495 e. The minimum absolute atomic E-state index is 0.0434. The Labute approximate surface area is 136 Å². The number of para-hydroxylation sites is 2. The molecule has 0 spiro atoms. The fourth-order valence-corrected chi connectivity index (χ4v) is 3.45. The lowest BCUT2D eigenvalue weighted by molar-refractivity contribution is -0.129. The van der Waals surface area contributed by atoms with Gasteiger partial charge >= 0.3 is 0 Å². The Morgan fingerprint density at radius 3 is 2.78 bits per heavy atom. The van der Waals surface area contributed by atoms with Crippen molar-refractivity contribution in [3.05, 3.63) is 24.3 Å². The highest BCUT2D eigenvalue weighted by molar-refractivity contribution is 6.02. The molecule has 1 aliphatic carbocycles. The fraction of sp³-hybridized carbons (Fsp3) is 0.529. The van der Waals surface area contributed by atoms with Crippen molar-refractivity contribution < 1.29 is 14.3 Å². The van der Waals surface area contributed by atoms with Gasteiger partial charge in [0, 0.05) is 18.5 Å². The highest BCUT2D eigenvalue weighted by Gasteiger charge is 2.37. The number of rotatable bonds is 4. The van der Waals surface area contributed by atoms with E-state index >= 15 is 0 Å². The Balaban J connectivity index is 1.66. The lowest BCUT2D eigenvalue weighted by Gasteiger charge is -2.20. The van der Waals surface area contributed by atoms with E-state index in [0.717, 1.165) is 18.5 Å². The average Bonchev–Trinajstić information content (AvgIpc) is 3.14. The topological polar surface area (TPSA) is 84.7 Å². The molecule has 1 aliphatic heterocycles. The Bertz CT molecular complexity index is 605. The first kappa shape index (κ1) is 15.8. The third kappa shape index (κ3) is 3.17. The van der Waals surface area contributed by atoms with E-state index in [1.165, 1.54) is 0 Å². The first-order chi connectivity index (χ1) is 11.1. The molecule has 124 valence electrons. The van der Waals surface area contributed by atoms with Crippen molar-refractivity contribution in [2.24, 2.45) is 11.7 Å². The van der Waals surface area contributed by atoms with Crippen LogP contribution in [0.4, 0.5) is 5.69 Å². The summed E-state index contributed by atoms with van der Waals surface area (Å²) in [5.41, 5.74) is 6.61. The molecule has 2 aliphatic rings. The molecule has 3 N–H and O–H groups in total. The van der Waals surface area contributed by atoms with Gasteiger partial charge in [-0.2, -0.15) is 0 Å². The number of methoxy groups -OCH3 is 1. The highest BCUT2D eigenvalue weighted by Crippen LogP contribution is 2.31. The number of benzene rings is 1. The van der Waals surface area contributed by atoms with Crippen LogP contribution >= 0.6 is 0 Å². The van der Waals surface area contributed by atoms with Crippen molar-refractivity contribution in [1.82, 2.24) is 5.32 Å². The van der Waals surface area contributed by atoms with Crippen molar-refractivity contribution in [2.45, 2.75) is 37.8 Å². The van der Waals surface area contributed by atoms with Gasteiger partial charge in [-0.3, -0.25) is 9.59 Å². The molecule has 0 unspecified atom stereocenters. The summed E-state index contributed by atoms with van der Waals surface area (Å²) in [4.78, 5) is 26.6. The monoisotopic (exact) mass is 317 g/mol. The molecule has 6 heteroatoms. The van der Waals surface area contributed by atoms with E-state index in [-0.39, 0.29) is 23.8 Å². The van der Waals surface area contributed by atoms with Crippen molar-refractivity contribution >= 4 is 17.5 Å². The molecule has 1 heterocycles. The number of nitrogens with two attached hydrogens (primary N) is 1.